The van der Waals surface area contributed by atoms with Gasteiger partial charge in [0.15, 0.2) is 11.6 Å². The van der Waals surface area contributed by atoms with Crippen molar-refractivity contribution in [2.45, 2.75) is 117 Å². The second-order valence-corrected chi connectivity index (χ2v) is 14.6. The predicted octanol–water partition coefficient (Wildman–Crippen LogP) is 3.15. The molecule has 3 saturated carbocycles. The monoisotopic (exact) mass is 518 g/mol. The Bertz CT molecular complexity index is 1050. The molecule has 9 atom stereocenters. The van der Waals surface area contributed by atoms with Crippen LogP contribution >= 0.6 is 0 Å². The molecule has 0 aromatic carbocycles. The number of hydrogen-bond acceptors (Lipinski definition) is 7. The Hall–Kier alpha value is -1.41. The lowest BCUT2D eigenvalue weighted by Crippen LogP contribution is -2.65. The van der Waals surface area contributed by atoms with Crippen molar-refractivity contribution >= 4 is 17.3 Å². The largest absolute Gasteiger partial charge is 0.393 e. The Morgan fingerprint density at radius 2 is 1.62 bits per heavy atom. The molecule has 4 N–H and O–H groups in total. The smallest absolute Gasteiger partial charge is 0.170 e. The summed E-state index contributed by atoms with van der Waals surface area (Å²) >= 11 is 0. The van der Waals surface area contributed by atoms with Crippen LogP contribution in [0.1, 0.15) is 93.9 Å². The highest BCUT2D eigenvalue weighted by atomic mass is 16.3. The summed E-state index contributed by atoms with van der Waals surface area (Å²) in [6.07, 6.45) is 1.33. The quantitative estimate of drug-likeness (QED) is 0.411. The van der Waals surface area contributed by atoms with Gasteiger partial charge in [0.05, 0.1) is 11.7 Å². The molecule has 0 aromatic heterocycles. The van der Waals surface area contributed by atoms with Crippen LogP contribution in [0.4, 0.5) is 0 Å². The van der Waals surface area contributed by atoms with E-state index in [-0.39, 0.29) is 49.1 Å². The lowest BCUT2D eigenvalue weighted by Gasteiger charge is -2.64. The fourth-order valence-corrected chi connectivity index (χ4v) is 9.24. The summed E-state index contributed by atoms with van der Waals surface area (Å²) in [6, 6.07) is 0. The number of ketones is 3. The Labute approximate surface area is 220 Å². The topological polar surface area (TPSA) is 132 Å². The maximum Gasteiger partial charge on any atom is 0.170 e. The minimum absolute atomic E-state index is 0.00395. The van der Waals surface area contributed by atoms with Crippen molar-refractivity contribution in [2.75, 3.05) is 0 Å². The average Bonchev–Trinajstić information content (AvgIpc) is 2.96. The van der Waals surface area contributed by atoms with E-state index >= 15 is 0 Å². The number of Topliss-reactive ketones (excluding diaryl/α,β-unsaturated/α-hetero) is 3. The summed E-state index contributed by atoms with van der Waals surface area (Å²) in [5, 5.41) is 43.9. The van der Waals surface area contributed by atoms with Gasteiger partial charge in [-0.2, -0.15) is 0 Å². The summed E-state index contributed by atoms with van der Waals surface area (Å²) in [7, 11) is 0. The molecule has 0 aromatic rings. The fourth-order valence-electron chi connectivity index (χ4n) is 9.24. The zero-order valence-electron chi connectivity index (χ0n) is 23.7. The van der Waals surface area contributed by atoms with E-state index in [1.54, 1.807) is 13.8 Å². The Morgan fingerprint density at radius 1 is 1.03 bits per heavy atom. The molecule has 4 aliphatic rings. The minimum Gasteiger partial charge on any atom is -0.393 e. The number of rotatable bonds is 5. The van der Waals surface area contributed by atoms with Gasteiger partial charge in [0.25, 0.3) is 0 Å². The van der Waals surface area contributed by atoms with Gasteiger partial charge in [-0.3, -0.25) is 14.4 Å². The first-order valence-electron chi connectivity index (χ1n) is 13.8. The summed E-state index contributed by atoms with van der Waals surface area (Å²) in [5.74, 6) is -1.96. The molecule has 0 radical (unpaired) electrons. The van der Waals surface area contributed by atoms with Crippen molar-refractivity contribution < 1.29 is 34.8 Å². The third kappa shape index (κ3) is 3.78. The molecule has 0 aliphatic heterocycles. The molecule has 7 heteroatoms. The normalized spacial score (nSPS) is 44.9. The number of hydrogen-bond donors (Lipinski definition) is 4. The number of carbonyl (C=O) groups excluding carboxylic acids is 3. The van der Waals surface area contributed by atoms with Gasteiger partial charge in [0.2, 0.25) is 0 Å². The molecule has 208 valence electrons. The lowest BCUT2D eigenvalue weighted by atomic mass is 9.38. The Morgan fingerprint density at radius 3 is 2.19 bits per heavy atom. The number of carbonyl (C=O) groups is 3. The van der Waals surface area contributed by atoms with Crippen LogP contribution in [0.2, 0.25) is 0 Å². The summed E-state index contributed by atoms with van der Waals surface area (Å²) in [5.41, 5.74) is -5.10. The van der Waals surface area contributed by atoms with Crippen molar-refractivity contribution in [1.82, 2.24) is 0 Å². The van der Waals surface area contributed by atoms with Gasteiger partial charge in [-0.25, -0.2) is 0 Å². The number of aliphatic hydroxyl groups is 4. The highest BCUT2D eigenvalue weighted by Gasteiger charge is 2.74. The van der Waals surface area contributed by atoms with Crippen LogP contribution in [-0.2, 0) is 14.4 Å². The molecular weight excluding hydrogens is 472 g/mol. The van der Waals surface area contributed by atoms with Gasteiger partial charge in [0.1, 0.15) is 17.5 Å². The van der Waals surface area contributed by atoms with Crippen LogP contribution in [0.3, 0.4) is 0 Å². The second kappa shape index (κ2) is 8.30. The van der Waals surface area contributed by atoms with E-state index in [0.717, 1.165) is 5.57 Å². The zero-order chi connectivity index (χ0) is 28.1. The first-order valence-corrected chi connectivity index (χ1v) is 13.8. The van der Waals surface area contributed by atoms with Crippen LogP contribution in [0, 0.1) is 39.4 Å². The molecule has 4 aliphatic carbocycles. The van der Waals surface area contributed by atoms with E-state index < -0.39 is 56.8 Å². The maximum atomic E-state index is 14.2. The van der Waals surface area contributed by atoms with E-state index in [9.17, 15) is 34.8 Å². The van der Waals surface area contributed by atoms with Crippen molar-refractivity contribution in [2.24, 2.45) is 39.4 Å². The van der Waals surface area contributed by atoms with E-state index in [4.69, 9.17) is 0 Å². The Balaban J connectivity index is 1.77. The molecule has 0 spiro atoms. The van der Waals surface area contributed by atoms with Crippen molar-refractivity contribution in [3.05, 3.63) is 11.6 Å². The van der Waals surface area contributed by atoms with Gasteiger partial charge >= 0.3 is 0 Å². The molecule has 7 nitrogen and oxygen atoms in total. The highest BCUT2D eigenvalue weighted by molar-refractivity contribution is 5.95. The van der Waals surface area contributed by atoms with Gasteiger partial charge in [-0.05, 0) is 83.0 Å². The highest BCUT2D eigenvalue weighted by Crippen LogP contribution is 2.74. The first-order chi connectivity index (χ1) is 16.7. The van der Waals surface area contributed by atoms with E-state index in [1.807, 2.05) is 27.7 Å². The van der Waals surface area contributed by atoms with Crippen LogP contribution in [0.5, 0.6) is 0 Å². The number of allylic oxidation sites excluding steroid dienone is 2. The van der Waals surface area contributed by atoms with Crippen LogP contribution in [0.25, 0.3) is 0 Å². The SMILES string of the molecule is CC(C)(O)CCC(=O)[C@@](C)(O)[C@@H]1[C@@H](O)C[C@]2(C)[C@H]3CC=C4[C@H](C[C@@H](O)C(=O)C4(C)C)[C@@]3(C)C(=O)C[C@@]12C. The fraction of sp³-hybridized carbons (Fsp3) is 0.833. The molecule has 37 heavy (non-hydrogen) atoms. The summed E-state index contributed by atoms with van der Waals surface area (Å²) < 4.78 is 0. The summed E-state index contributed by atoms with van der Waals surface area (Å²) in [4.78, 5) is 40.4. The number of fused-ring (bicyclic) bond motifs is 5. The van der Waals surface area contributed by atoms with Gasteiger partial charge in [-0.1, -0.05) is 32.4 Å². The van der Waals surface area contributed by atoms with Crippen molar-refractivity contribution in [3.8, 4) is 0 Å². The third-order valence-corrected chi connectivity index (χ3v) is 11.5. The number of aliphatic hydroxyl groups excluding tert-OH is 2. The third-order valence-electron chi connectivity index (χ3n) is 11.5. The molecule has 0 saturated heterocycles. The maximum absolute atomic E-state index is 14.2. The van der Waals surface area contributed by atoms with Crippen molar-refractivity contribution in [3.63, 3.8) is 0 Å². The van der Waals surface area contributed by atoms with Gasteiger partial charge in [0, 0.05) is 29.6 Å². The molecule has 4 rings (SSSR count). The molecule has 0 unspecified atom stereocenters. The van der Waals surface area contributed by atoms with E-state index in [0.29, 0.717) is 12.8 Å². The standard InChI is InChI=1S/C30H46O7/c1-25(2,36)12-11-21(33)30(8,37)23-19(32)14-27(5)20-10-9-16-17(13-18(31)24(35)26(16,3)4)29(20,7)22(34)15-28(23,27)6/h9,17-20,23,31-32,36-37H,10-15H2,1-8H3/t17-,18+,19-,20+,23+,27+,28-,29+,30+/m0/s1. The van der Waals surface area contributed by atoms with E-state index in [1.165, 1.54) is 6.92 Å². The molecule has 0 heterocycles. The molecule has 0 amide bonds. The van der Waals surface area contributed by atoms with Crippen LogP contribution in [-0.4, -0.2) is 61.2 Å². The average molecular weight is 519 g/mol. The summed E-state index contributed by atoms with van der Waals surface area (Å²) in [6.45, 7) is 14.3. The molecular formula is C30H46O7. The predicted molar refractivity (Wildman–Crippen MR) is 138 cm³/mol. The van der Waals surface area contributed by atoms with Crippen LogP contribution in [0.15, 0.2) is 11.6 Å². The Kier molecular flexibility index (Phi) is 6.41. The molecule has 0 bridgehead atoms. The van der Waals surface area contributed by atoms with Crippen LogP contribution < -0.4 is 0 Å². The molecule has 3 fully saturated rings. The van der Waals surface area contributed by atoms with Crippen molar-refractivity contribution in [1.29, 1.82) is 0 Å². The second-order valence-electron chi connectivity index (χ2n) is 14.6. The first kappa shape index (κ1) is 28.6. The van der Waals surface area contributed by atoms with Gasteiger partial charge < -0.3 is 20.4 Å². The van der Waals surface area contributed by atoms with E-state index in [2.05, 4.69) is 13.0 Å². The van der Waals surface area contributed by atoms with Gasteiger partial charge in [-0.15, -0.1) is 0 Å². The zero-order valence-corrected chi connectivity index (χ0v) is 23.7. The minimum atomic E-state index is -1.86. The lowest BCUT2D eigenvalue weighted by molar-refractivity contribution is -0.185.